The van der Waals surface area contributed by atoms with Crippen molar-refractivity contribution < 1.29 is 60.7 Å². The van der Waals surface area contributed by atoms with Crippen LogP contribution in [0.15, 0.2) is 97.8 Å². The van der Waals surface area contributed by atoms with Gasteiger partial charge in [0.2, 0.25) is 12.7 Å². The molecule has 2 aromatic carbocycles. The van der Waals surface area contributed by atoms with Crippen molar-refractivity contribution in [3.63, 3.8) is 0 Å². The van der Waals surface area contributed by atoms with Gasteiger partial charge in [-0.2, -0.15) is 12.1 Å². The number of ether oxygens (including phenoxy) is 2. The van der Waals surface area contributed by atoms with Crippen LogP contribution in [-0.2, 0) is 42.1 Å². The summed E-state index contributed by atoms with van der Waals surface area (Å²) in [6.45, 7) is 8.50. The number of rotatable bonds is 9. The van der Waals surface area contributed by atoms with Crippen molar-refractivity contribution in [3.05, 3.63) is 135 Å². The maximum absolute atomic E-state index is 6.16. The van der Waals surface area contributed by atoms with Crippen LogP contribution in [0.3, 0.4) is 0 Å². The third-order valence-electron chi connectivity index (χ3n) is 7.98. The Balaban J connectivity index is 0.00000232. The van der Waals surface area contributed by atoms with Gasteiger partial charge in [0.1, 0.15) is 0 Å². The molecule has 0 aliphatic carbocycles. The Morgan fingerprint density at radius 2 is 0.962 bits per heavy atom. The smallest absolute Gasteiger partial charge is 0.242 e. The molecule has 0 spiro atoms. The standard InChI is InChI=1S/C40H30N8O2.2Pt/c1-27(2)45-25-47(39-11-7-5-9-37(39)45)29-17-33(23-41-21-29)49-31-13-15-43-35(19-31)36-20-32(14-16-44-36)50-34-18-30(22-42-24-34)48-26-46(28(3)4)38-10-6-8-12-40(38)48;;/h5-16,21-24,27-28H,1-4H3;;/q-4;;. The fourth-order valence-electron chi connectivity index (χ4n) is 5.70. The topological polar surface area (TPSA) is 87.6 Å². The summed E-state index contributed by atoms with van der Waals surface area (Å²) >= 11 is 0. The molecule has 0 fully saturated rings. The number of hydrogen-bond acceptors (Lipinski definition) is 6. The molecular formula is C40H30N8O2Pt2-4. The second-order valence-corrected chi connectivity index (χ2v) is 12.1. The van der Waals surface area contributed by atoms with Crippen LogP contribution in [0.4, 0.5) is 0 Å². The van der Waals surface area contributed by atoms with Gasteiger partial charge in [0.05, 0.1) is 34.2 Å². The van der Waals surface area contributed by atoms with Gasteiger partial charge < -0.3 is 47.7 Å². The zero-order chi connectivity index (χ0) is 34.2. The second-order valence-electron chi connectivity index (χ2n) is 12.1. The van der Waals surface area contributed by atoms with Gasteiger partial charge in [-0.25, -0.2) is 0 Å². The molecule has 8 aromatic rings. The number of imidazole rings is 2. The summed E-state index contributed by atoms with van der Waals surface area (Å²) in [4.78, 5) is 17.8. The molecule has 0 saturated carbocycles. The van der Waals surface area contributed by atoms with Gasteiger partial charge in [-0.1, -0.05) is 60.9 Å². The van der Waals surface area contributed by atoms with E-state index in [1.54, 1.807) is 49.3 Å². The van der Waals surface area contributed by atoms with E-state index in [4.69, 9.17) is 9.47 Å². The summed E-state index contributed by atoms with van der Waals surface area (Å²) < 4.78 is 20.4. The molecule has 6 heterocycles. The fraction of sp³-hybridized carbons (Fsp3) is 0.150. The van der Waals surface area contributed by atoms with Crippen LogP contribution in [0.5, 0.6) is 23.0 Å². The average molecular weight is 1040 g/mol. The normalized spacial score (nSPS) is 11.1. The molecule has 0 unspecified atom stereocenters. The predicted molar refractivity (Wildman–Crippen MR) is 184 cm³/mol. The van der Waals surface area contributed by atoms with Gasteiger partial charge in [-0.3, -0.25) is 0 Å². The van der Waals surface area contributed by atoms with Crippen molar-refractivity contribution in [1.82, 2.24) is 29.1 Å². The summed E-state index contributed by atoms with van der Waals surface area (Å²) in [5.74, 6) is 1.68. The summed E-state index contributed by atoms with van der Waals surface area (Å²) in [5.41, 5.74) is 6.39. The zero-order valence-electron chi connectivity index (χ0n) is 28.4. The molecule has 0 aliphatic rings. The first-order valence-electron chi connectivity index (χ1n) is 16.2. The monoisotopic (exact) mass is 1040 g/mol. The van der Waals surface area contributed by atoms with Crippen LogP contribution in [0.1, 0.15) is 39.8 Å². The number of pyridine rings is 4. The van der Waals surface area contributed by atoms with Gasteiger partial charge in [-0.05, 0) is 63.9 Å². The molecule has 0 radical (unpaired) electrons. The Labute approximate surface area is 330 Å². The van der Waals surface area contributed by atoms with Crippen LogP contribution in [0.25, 0.3) is 44.8 Å². The first kappa shape index (κ1) is 36.7. The minimum Gasteiger partial charge on any atom is -0.509 e. The van der Waals surface area contributed by atoms with Gasteiger partial charge in [-0.15, -0.1) is 35.7 Å². The van der Waals surface area contributed by atoms with Crippen molar-refractivity contribution in [1.29, 1.82) is 0 Å². The minimum atomic E-state index is 0. The van der Waals surface area contributed by atoms with Gasteiger partial charge in [0.15, 0.2) is 0 Å². The summed E-state index contributed by atoms with van der Waals surface area (Å²) in [6, 6.07) is 33.2. The number of aromatic nitrogens is 8. The van der Waals surface area contributed by atoms with E-state index in [1.807, 2.05) is 45.5 Å². The SMILES string of the molecule is CC(C)n1[c-][n+](-c2[c-]c(Oc3[c-]c(-c4[c-]c(Oc5[c-]c(-[n+]6[c-]n(C(C)C)c7ccccc76)cnc5)ccn4)ncc3)cnc2)c2ccccc21.[Pt].[Pt]. The van der Waals surface area contributed by atoms with Crippen LogP contribution >= 0.6 is 0 Å². The molecule has 0 bridgehead atoms. The van der Waals surface area contributed by atoms with E-state index in [2.05, 4.69) is 106 Å². The Hall–Kier alpha value is -5.04. The van der Waals surface area contributed by atoms with Crippen LogP contribution in [0, 0.1) is 36.9 Å². The molecular weight excluding hydrogens is 1010 g/mol. The van der Waals surface area contributed by atoms with Crippen molar-refractivity contribution in [3.8, 4) is 45.8 Å². The summed E-state index contributed by atoms with van der Waals surface area (Å²) in [6.07, 6.45) is 16.8. The third-order valence-corrected chi connectivity index (χ3v) is 7.98. The van der Waals surface area contributed by atoms with E-state index < -0.39 is 0 Å². The number of para-hydroxylation sites is 4. The van der Waals surface area contributed by atoms with Crippen molar-refractivity contribution in [2.75, 3.05) is 0 Å². The number of fused-ring (bicyclic) bond motifs is 2. The molecule has 8 rings (SSSR count). The van der Waals surface area contributed by atoms with Crippen LogP contribution in [0.2, 0.25) is 0 Å². The first-order valence-corrected chi connectivity index (χ1v) is 16.2. The quantitative estimate of drug-likeness (QED) is 0.115. The largest absolute Gasteiger partial charge is 0.509 e. The van der Waals surface area contributed by atoms with Gasteiger partial charge >= 0.3 is 0 Å². The molecule has 266 valence electrons. The maximum Gasteiger partial charge on any atom is 0.242 e. The molecule has 10 nitrogen and oxygen atoms in total. The summed E-state index contributed by atoms with van der Waals surface area (Å²) in [5, 5.41) is 0. The number of hydrogen-bond donors (Lipinski definition) is 0. The molecule has 0 saturated heterocycles. The number of nitrogens with zero attached hydrogens (tertiary/aromatic N) is 8. The van der Waals surface area contributed by atoms with Crippen molar-refractivity contribution in [2.45, 2.75) is 39.8 Å². The zero-order valence-corrected chi connectivity index (χ0v) is 33.0. The second kappa shape index (κ2) is 15.7. The van der Waals surface area contributed by atoms with Crippen LogP contribution < -0.4 is 18.6 Å². The van der Waals surface area contributed by atoms with Crippen LogP contribution in [-0.4, -0.2) is 29.1 Å². The molecule has 0 N–H and O–H groups in total. The molecule has 6 aromatic heterocycles. The Bertz CT molecular complexity index is 2320. The van der Waals surface area contributed by atoms with Gasteiger partial charge in [0, 0.05) is 65.1 Å². The maximum atomic E-state index is 6.16. The fourth-order valence-corrected chi connectivity index (χ4v) is 5.70. The van der Waals surface area contributed by atoms with Crippen molar-refractivity contribution >= 4 is 22.1 Å². The molecule has 12 heteroatoms. The van der Waals surface area contributed by atoms with Gasteiger partial charge in [0.25, 0.3) is 0 Å². The summed E-state index contributed by atoms with van der Waals surface area (Å²) in [7, 11) is 0. The molecule has 0 amide bonds. The third kappa shape index (κ3) is 7.32. The predicted octanol–water partition coefficient (Wildman–Crippen LogP) is 6.94. The Kier molecular flexibility index (Phi) is 11.1. The average Bonchev–Trinajstić information content (AvgIpc) is 3.72. The minimum absolute atomic E-state index is 0. The van der Waals surface area contributed by atoms with E-state index in [0.717, 1.165) is 22.1 Å². The Morgan fingerprint density at radius 1 is 0.538 bits per heavy atom. The van der Waals surface area contributed by atoms with Crippen molar-refractivity contribution in [2.24, 2.45) is 0 Å². The molecule has 0 aliphatic heterocycles. The van der Waals surface area contributed by atoms with E-state index in [-0.39, 0.29) is 54.2 Å². The van der Waals surface area contributed by atoms with E-state index >= 15 is 0 Å². The van der Waals surface area contributed by atoms with E-state index in [1.165, 1.54) is 0 Å². The number of benzene rings is 2. The van der Waals surface area contributed by atoms with E-state index in [9.17, 15) is 0 Å². The first-order chi connectivity index (χ1) is 24.4. The molecule has 0 atom stereocenters. The molecule has 52 heavy (non-hydrogen) atoms. The Morgan fingerprint density at radius 3 is 1.38 bits per heavy atom. The van der Waals surface area contributed by atoms with E-state index in [0.29, 0.717) is 45.8 Å².